The molecule has 30 heavy (non-hydrogen) atoms. The van der Waals surface area contributed by atoms with Crippen LogP contribution in [0.1, 0.15) is 29.8 Å². The summed E-state index contributed by atoms with van der Waals surface area (Å²) in [5, 5.41) is 0. The molecule has 2 amide bonds. The molecule has 1 aliphatic heterocycles. The Morgan fingerprint density at radius 2 is 1.50 bits per heavy atom. The van der Waals surface area contributed by atoms with Gasteiger partial charge in [0, 0.05) is 5.56 Å². The number of carbonyl (C=O) groups is 3. The van der Waals surface area contributed by atoms with E-state index in [1.807, 2.05) is 0 Å². The lowest BCUT2D eigenvalue weighted by Gasteiger charge is -2.20. The number of rotatable bonds is 7. The summed E-state index contributed by atoms with van der Waals surface area (Å²) in [5.41, 5.74) is -1.05. The standard InChI is InChI=1S/C22H22NO6P/c1-3-28-30(27,29-4-2)20-19(24)18(15-16-11-7-5-8-12-16)23(22(20)26)21(25)17-13-9-6-10-14-17/h5-15,20H,3-4H2,1-2H3/b18-15+. The van der Waals surface area contributed by atoms with Crippen LogP contribution in [0.4, 0.5) is 0 Å². The Morgan fingerprint density at radius 3 is 2.03 bits per heavy atom. The summed E-state index contributed by atoms with van der Waals surface area (Å²) in [4.78, 5) is 40.4. The van der Waals surface area contributed by atoms with Crippen LogP contribution in [-0.2, 0) is 23.2 Å². The third-order valence-corrected chi connectivity index (χ3v) is 6.78. The van der Waals surface area contributed by atoms with Crippen LogP contribution in [0.15, 0.2) is 66.4 Å². The van der Waals surface area contributed by atoms with Gasteiger partial charge in [-0.3, -0.25) is 18.9 Å². The highest BCUT2D eigenvalue weighted by molar-refractivity contribution is 7.57. The van der Waals surface area contributed by atoms with E-state index >= 15 is 0 Å². The van der Waals surface area contributed by atoms with Gasteiger partial charge >= 0.3 is 7.60 Å². The molecule has 1 saturated heterocycles. The minimum Gasteiger partial charge on any atom is -0.308 e. The maximum Gasteiger partial charge on any atom is 0.351 e. The van der Waals surface area contributed by atoms with E-state index < -0.39 is 30.9 Å². The number of hydrogen-bond acceptors (Lipinski definition) is 6. The van der Waals surface area contributed by atoms with Crippen LogP contribution >= 0.6 is 7.60 Å². The first-order valence-electron chi connectivity index (χ1n) is 9.56. The first-order valence-corrected chi connectivity index (χ1v) is 11.2. The van der Waals surface area contributed by atoms with E-state index in [0.717, 1.165) is 4.90 Å². The first-order chi connectivity index (χ1) is 14.4. The molecule has 0 aliphatic carbocycles. The van der Waals surface area contributed by atoms with Crippen molar-refractivity contribution in [3.05, 3.63) is 77.5 Å². The number of allylic oxidation sites excluding steroid dienone is 1. The van der Waals surface area contributed by atoms with Crippen molar-refractivity contribution in [2.45, 2.75) is 19.5 Å². The van der Waals surface area contributed by atoms with Crippen molar-refractivity contribution in [3.63, 3.8) is 0 Å². The molecule has 0 N–H and O–H groups in total. The highest BCUT2D eigenvalue weighted by atomic mass is 31.2. The predicted molar refractivity (Wildman–Crippen MR) is 112 cm³/mol. The van der Waals surface area contributed by atoms with Crippen molar-refractivity contribution in [3.8, 4) is 0 Å². The second kappa shape index (κ2) is 9.30. The fourth-order valence-electron chi connectivity index (χ4n) is 3.19. The molecule has 1 fully saturated rings. The second-order valence-corrected chi connectivity index (χ2v) is 8.54. The van der Waals surface area contributed by atoms with Gasteiger partial charge in [-0.05, 0) is 37.6 Å². The van der Waals surface area contributed by atoms with E-state index in [9.17, 15) is 18.9 Å². The zero-order valence-electron chi connectivity index (χ0n) is 16.7. The van der Waals surface area contributed by atoms with Crippen LogP contribution in [0.5, 0.6) is 0 Å². The molecule has 7 nitrogen and oxygen atoms in total. The first kappa shape index (κ1) is 21.8. The summed E-state index contributed by atoms with van der Waals surface area (Å²) in [7, 11) is -4.12. The predicted octanol–water partition coefficient (Wildman–Crippen LogP) is 3.91. The smallest absolute Gasteiger partial charge is 0.308 e. The lowest BCUT2D eigenvalue weighted by molar-refractivity contribution is -0.125. The molecule has 1 heterocycles. The number of carbonyl (C=O) groups excluding carboxylic acids is 3. The van der Waals surface area contributed by atoms with Crippen molar-refractivity contribution in [1.29, 1.82) is 0 Å². The zero-order valence-corrected chi connectivity index (χ0v) is 17.6. The molecule has 1 unspecified atom stereocenters. The van der Waals surface area contributed by atoms with E-state index in [2.05, 4.69) is 0 Å². The Labute approximate surface area is 174 Å². The van der Waals surface area contributed by atoms with Crippen LogP contribution < -0.4 is 0 Å². The Morgan fingerprint density at radius 1 is 0.967 bits per heavy atom. The van der Waals surface area contributed by atoms with Gasteiger partial charge in [0.2, 0.25) is 11.4 Å². The SMILES string of the molecule is CCOP(=O)(OCC)C1C(=O)/C(=C\c2ccccc2)N(C(=O)c2ccccc2)C1=O. The van der Waals surface area contributed by atoms with E-state index in [-0.39, 0.29) is 24.5 Å². The van der Waals surface area contributed by atoms with E-state index in [1.54, 1.807) is 62.4 Å². The molecule has 8 heteroatoms. The van der Waals surface area contributed by atoms with Gasteiger partial charge in [-0.25, -0.2) is 4.90 Å². The van der Waals surface area contributed by atoms with E-state index in [0.29, 0.717) is 5.56 Å². The molecule has 0 spiro atoms. The minimum absolute atomic E-state index is 0.0152. The van der Waals surface area contributed by atoms with E-state index in [1.165, 1.54) is 18.2 Å². The normalized spacial score (nSPS) is 18.3. The minimum atomic E-state index is -4.12. The summed E-state index contributed by atoms with van der Waals surface area (Å²) in [6.45, 7) is 3.14. The quantitative estimate of drug-likeness (QED) is 0.288. The zero-order chi connectivity index (χ0) is 21.7. The van der Waals surface area contributed by atoms with Gasteiger partial charge in [-0.15, -0.1) is 0 Å². The highest BCUT2D eigenvalue weighted by Crippen LogP contribution is 2.56. The third kappa shape index (κ3) is 4.19. The van der Waals surface area contributed by atoms with E-state index in [4.69, 9.17) is 9.05 Å². The number of likely N-dealkylation sites (tertiary alicyclic amines) is 1. The van der Waals surface area contributed by atoms with Gasteiger partial charge in [0.05, 0.1) is 18.9 Å². The summed E-state index contributed by atoms with van der Waals surface area (Å²) >= 11 is 0. The molecular formula is C22H22NO6P. The Bertz CT molecular complexity index is 1010. The van der Waals surface area contributed by atoms with Crippen LogP contribution in [0.2, 0.25) is 0 Å². The summed E-state index contributed by atoms with van der Waals surface area (Å²) < 4.78 is 23.8. The summed E-state index contributed by atoms with van der Waals surface area (Å²) in [6.07, 6.45) is 1.43. The fourth-order valence-corrected chi connectivity index (χ4v) is 5.09. The number of Topliss-reactive ketones (excluding diaryl/α,β-unsaturated/α-hetero) is 1. The van der Waals surface area contributed by atoms with Crippen molar-refractivity contribution >= 4 is 31.3 Å². The molecular weight excluding hydrogens is 405 g/mol. The molecule has 1 aliphatic rings. The van der Waals surface area contributed by atoms with Crippen molar-refractivity contribution in [1.82, 2.24) is 4.90 Å². The summed E-state index contributed by atoms with van der Waals surface area (Å²) in [5.74, 6) is -2.36. The van der Waals surface area contributed by atoms with Crippen molar-refractivity contribution in [2.75, 3.05) is 13.2 Å². The molecule has 2 aromatic rings. The maximum atomic E-state index is 13.3. The van der Waals surface area contributed by atoms with Gasteiger partial charge in [-0.2, -0.15) is 0 Å². The van der Waals surface area contributed by atoms with Crippen LogP contribution in [0, 0.1) is 0 Å². The second-order valence-electron chi connectivity index (χ2n) is 6.43. The Balaban J connectivity index is 2.13. The van der Waals surface area contributed by atoms with Gasteiger partial charge in [0.1, 0.15) is 0 Å². The number of hydrogen-bond donors (Lipinski definition) is 0. The molecule has 156 valence electrons. The number of nitrogens with zero attached hydrogens (tertiary/aromatic N) is 1. The number of imide groups is 1. The van der Waals surface area contributed by atoms with Gasteiger partial charge < -0.3 is 9.05 Å². The number of benzene rings is 2. The Kier molecular flexibility index (Phi) is 6.77. The van der Waals surface area contributed by atoms with Crippen LogP contribution in [0.3, 0.4) is 0 Å². The lowest BCUT2D eigenvalue weighted by atomic mass is 10.1. The topological polar surface area (TPSA) is 90.0 Å². The highest BCUT2D eigenvalue weighted by Gasteiger charge is 2.57. The van der Waals surface area contributed by atoms with Gasteiger partial charge in [-0.1, -0.05) is 48.5 Å². The molecule has 0 bridgehead atoms. The maximum absolute atomic E-state index is 13.3. The summed E-state index contributed by atoms with van der Waals surface area (Å²) in [6, 6.07) is 16.9. The van der Waals surface area contributed by atoms with Gasteiger partial charge in [0.15, 0.2) is 0 Å². The average molecular weight is 427 g/mol. The van der Waals surface area contributed by atoms with Crippen LogP contribution in [-0.4, -0.2) is 41.4 Å². The van der Waals surface area contributed by atoms with Crippen molar-refractivity contribution in [2.24, 2.45) is 0 Å². The monoisotopic (exact) mass is 427 g/mol. The third-order valence-electron chi connectivity index (χ3n) is 4.46. The molecule has 1 atom stereocenters. The largest absolute Gasteiger partial charge is 0.351 e. The molecule has 0 radical (unpaired) electrons. The lowest BCUT2D eigenvalue weighted by Crippen LogP contribution is -2.35. The molecule has 0 aromatic heterocycles. The number of amides is 2. The Hall–Kier alpha value is -2.86. The molecule has 2 aromatic carbocycles. The van der Waals surface area contributed by atoms with Crippen LogP contribution in [0.25, 0.3) is 6.08 Å². The molecule has 0 saturated carbocycles. The molecule has 3 rings (SSSR count). The van der Waals surface area contributed by atoms with Gasteiger partial charge in [0.25, 0.3) is 11.8 Å². The fraction of sp³-hybridized carbons (Fsp3) is 0.227. The number of ketones is 1. The average Bonchev–Trinajstić information content (AvgIpc) is 2.99. The van der Waals surface area contributed by atoms with Crippen molar-refractivity contribution < 1.29 is 28.0 Å².